The summed E-state index contributed by atoms with van der Waals surface area (Å²) in [5.41, 5.74) is -0.569. The van der Waals surface area contributed by atoms with Crippen molar-refractivity contribution < 1.29 is 61.2 Å². The summed E-state index contributed by atoms with van der Waals surface area (Å²) in [7, 11) is -10.1. The fourth-order valence-electron chi connectivity index (χ4n) is 1.98. The van der Waals surface area contributed by atoms with Gasteiger partial charge in [0.05, 0.1) is 0 Å². The van der Waals surface area contributed by atoms with Crippen molar-refractivity contribution in [2.24, 2.45) is 0 Å². The number of phenols is 2. The maximum atomic E-state index is 12.5. The monoisotopic (exact) mass is 366 g/mol. The maximum absolute atomic E-state index is 12.5. The van der Waals surface area contributed by atoms with Gasteiger partial charge in [0, 0.05) is 5.56 Å². The molecular formula is C13H11NaO7S2. The normalized spacial score (nSPS) is 13.1. The van der Waals surface area contributed by atoms with Gasteiger partial charge in [0.15, 0.2) is 4.58 Å². The van der Waals surface area contributed by atoms with E-state index in [-0.39, 0.29) is 29.6 Å². The molecular weight excluding hydrogens is 355 g/mol. The van der Waals surface area contributed by atoms with Crippen LogP contribution in [0.4, 0.5) is 0 Å². The van der Waals surface area contributed by atoms with Crippen LogP contribution in [0.2, 0.25) is 0 Å². The van der Waals surface area contributed by atoms with Gasteiger partial charge in [-0.2, -0.15) is 0 Å². The fraction of sp³-hybridized carbons (Fsp3) is 0.0769. The Morgan fingerprint density at radius 3 is 1.78 bits per heavy atom. The number of benzene rings is 2. The summed E-state index contributed by atoms with van der Waals surface area (Å²) >= 11 is 0. The van der Waals surface area contributed by atoms with Gasteiger partial charge in [-0.25, -0.2) is 16.8 Å². The zero-order valence-electron chi connectivity index (χ0n) is 11.9. The first kappa shape index (κ1) is 19.9. The van der Waals surface area contributed by atoms with Crippen LogP contribution in [0.5, 0.6) is 11.5 Å². The molecule has 0 aliphatic carbocycles. The number of hydrogen-bond acceptors (Lipinski definition) is 7. The Labute approximate surface area is 155 Å². The Kier molecular flexibility index (Phi) is 6.25. The fourth-order valence-corrected chi connectivity index (χ4v) is 5.43. The summed E-state index contributed by atoms with van der Waals surface area (Å²) in [5.74, 6) is -1.34. The minimum atomic E-state index is -5.37. The molecule has 118 valence electrons. The molecule has 0 heterocycles. The Bertz CT molecular complexity index is 907. The molecule has 0 saturated heterocycles. The van der Waals surface area contributed by atoms with Crippen molar-refractivity contribution in [3.8, 4) is 11.5 Å². The Morgan fingerprint density at radius 2 is 1.30 bits per heavy atom. The van der Waals surface area contributed by atoms with Crippen molar-refractivity contribution in [3.63, 3.8) is 0 Å². The van der Waals surface area contributed by atoms with Crippen LogP contribution >= 0.6 is 0 Å². The van der Waals surface area contributed by atoms with E-state index in [1.54, 1.807) is 0 Å². The van der Waals surface area contributed by atoms with E-state index in [1.165, 1.54) is 24.3 Å². The predicted octanol–water partition coefficient (Wildman–Crippen LogP) is -1.88. The minimum Gasteiger partial charge on any atom is -0.747 e. The first-order valence-corrected chi connectivity index (χ1v) is 8.92. The van der Waals surface area contributed by atoms with E-state index in [1.807, 2.05) is 0 Å². The summed E-state index contributed by atoms with van der Waals surface area (Å²) in [5, 5.41) is 19.3. The number of para-hydroxylation sites is 2. The molecule has 2 N–H and O–H groups in total. The molecule has 0 aromatic heterocycles. The van der Waals surface area contributed by atoms with Gasteiger partial charge in [-0.3, -0.25) is 0 Å². The van der Waals surface area contributed by atoms with Crippen molar-refractivity contribution in [2.75, 3.05) is 0 Å². The average molecular weight is 366 g/mol. The third-order valence-electron chi connectivity index (χ3n) is 2.91. The summed E-state index contributed by atoms with van der Waals surface area (Å²) in [6, 6.07) is 9.35. The average Bonchev–Trinajstić information content (AvgIpc) is 2.40. The molecule has 2 aromatic carbocycles. The Hall–Kier alpha value is -1.10. The van der Waals surface area contributed by atoms with Crippen LogP contribution in [0.3, 0.4) is 0 Å². The molecule has 0 spiro atoms. The summed E-state index contributed by atoms with van der Waals surface area (Å²) in [6.45, 7) is 0. The number of rotatable bonds is 4. The smallest absolute Gasteiger partial charge is 0.747 e. The van der Waals surface area contributed by atoms with Crippen LogP contribution in [0.25, 0.3) is 0 Å². The van der Waals surface area contributed by atoms with E-state index in [2.05, 4.69) is 0 Å². The molecule has 1 unspecified atom stereocenters. The Morgan fingerprint density at radius 1 is 0.826 bits per heavy atom. The quantitative estimate of drug-likeness (QED) is 0.478. The van der Waals surface area contributed by atoms with Crippen LogP contribution in [0, 0.1) is 0 Å². The molecule has 0 bridgehead atoms. The van der Waals surface area contributed by atoms with E-state index in [4.69, 9.17) is 0 Å². The second-order valence-corrected chi connectivity index (χ2v) is 8.15. The summed E-state index contributed by atoms with van der Waals surface area (Å²) in [6.07, 6.45) is 0. The first-order valence-electron chi connectivity index (χ1n) is 5.90. The molecule has 0 amide bonds. The predicted molar refractivity (Wildman–Crippen MR) is 75.8 cm³/mol. The zero-order valence-corrected chi connectivity index (χ0v) is 15.6. The van der Waals surface area contributed by atoms with Crippen LogP contribution < -0.4 is 29.6 Å². The first-order chi connectivity index (χ1) is 10.2. The molecule has 0 fully saturated rings. The summed E-state index contributed by atoms with van der Waals surface area (Å²) in [4.78, 5) is -0.706. The van der Waals surface area contributed by atoms with E-state index < -0.39 is 46.5 Å². The number of sulfone groups is 1. The number of hydrogen-bond donors (Lipinski definition) is 2. The molecule has 0 aliphatic rings. The molecule has 2 aromatic rings. The third-order valence-corrected chi connectivity index (χ3v) is 6.93. The molecule has 2 rings (SSSR count). The third kappa shape index (κ3) is 4.06. The molecule has 7 nitrogen and oxygen atoms in total. The van der Waals surface area contributed by atoms with Crippen LogP contribution in [-0.2, 0) is 20.0 Å². The molecule has 0 radical (unpaired) electrons. The van der Waals surface area contributed by atoms with Gasteiger partial charge in [-0.05, 0) is 18.2 Å². The van der Waals surface area contributed by atoms with E-state index in [0.717, 1.165) is 24.3 Å². The second kappa shape index (κ2) is 7.20. The zero-order chi connectivity index (χ0) is 16.5. The van der Waals surface area contributed by atoms with Crippen molar-refractivity contribution in [1.82, 2.24) is 0 Å². The second-order valence-electron chi connectivity index (χ2n) is 4.40. The van der Waals surface area contributed by atoms with E-state index >= 15 is 0 Å². The minimum absolute atomic E-state index is 0. The van der Waals surface area contributed by atoms with Gasteiger partial charge in [0.1, 0.15) is 26.5 Å². The molecule has 0 saturated carbocycles. The van der Waals surface area contributed by atoms with Crippen molar-refractivity contribution >= 4 is 20.0 Å². The Balaban J connectivity index is 0.00000264. The van der Waals surface area contributed by atoms with E-state index in [0.29, 0.717) is 0 Å². The molecule has 0 aliphatic heterocycles. The van der Waals surface area contributed by atoms with Crippen LogP contribution in [0.1, 0.15) is 10.1 Å². The topological polar surface area (TPSA) is 132 Å². The van der Waals surface area contributed by atoms with E-state index in [9.17, 15) is 31.6 Å². The van der Waals surface area contributed by atoms with Gasteiger partial charge in [0.2, 0.25) is 9.84 Å². The summed E-state index contributed by atoms with van der Waals surface area (Å²) < 4.78 is 56.9. The van der Waals surface area contributed by atoms with Gasteiger partial charge in [-0.1, -0.05) is 30.3 Å². The molecule has 23 heavy (non-hydrogen) atoms. The van der Waals surface area contributed by atoms with Crippen molar-refractivity contribution in [3.05, 3.63) is 54.1 Å². The number of aromatic hydroxyl groups is 2. The standard InChI is InChI=1S/C13H12O7S2.Na/c14-10-6-2-1-5-9(10)13(22(18,19)20)21(16,17)12-8-4-3-7-11(12)15;/h1-8,13-15H,(H,18,19,20);/q;+1/p-1. The maximum Gasteiger partial charge on any atom is 1.00 e. The largest absolute Gasteiger partial charge is 1.00 e. The van der Waals surface area contributed by atoms with Gasteiger partial charge in [-0.15, -0.1) is 0 Å². The molecule has 10 heteroatoms. The van der Waals surface area contributed by atoms with Gasteiger partial charge in [0.25, 0.3) is 0 Å². The van der Waals surface area contributed by atoms with Gasteiger partial charge >= 0.3 is 29.6 Å². The number of phenolic OH excluding ortho intramolecular Hbond substituents is 2. The van der Waals surface area contributed by atoms with Crippen molar-refractivity contribution in [2.45, 2.75) is 9.48 Å². The van der Waals surface area contributed by atoms with Crippen molar-refractivity contribution in [1.29, 1.82) is 0 Å². The van der Waals surface area contributed by atoms with Gasteiger partial charge < -0.3 is 14.8 Å². The molecule has 1 atom stereocenters. The van der Waals surface area contributed by atoms with Crippen LogP contribution in [-0.4, -0.2) is 31.6 Å². The SMILES string of the molecule is O=S(=O)([O-])C(c1ccccc1O)S(=O)(=O)c1ccccc1O.[Na+]. The van der Waals surface area contributed by atoms with Crippen LogP contribution in [0.15, 0.2) is 53.4 Å².